The van der Waals surface area contributed by atoms with E-state index in [1.165, 1.54) is 0 Å². The topological polar surface area (TPSA) is 93.1 Å². The van der Waals surface area contributed by atoms with E-state index in [2.05, 4.69) is 9.47 Å². The van der Waals surface area contributed by atoms with E-state index >= 15 is 0 Å². The smallest absolute Gasteiger partial charge is 0.306 e. The molecule has 2 aliphatic rings. The Kier molecular flexibility index (Phi) is 5.21. The molecule has 2 heterocycles. The van der Waals surface area contributed by atoms with Crippen LogP contribution in [0.1, 0.15) is 25.7 Å². The van der Waals surface area contributed by atoms with Gasteiger partial charge in [-0.3, -0.25) is 9.59 Å². The molecule has 0 radical (unpaired) electrons. The van der Waals surface area contributed by atoms with Gasteiger partial charge >= 0.3 is 11.9 Å². The summed E-state index contributed by atoms with van der Waals surface area (Å²) in [7, 11) is 0. The first-order chi connectivity index (χ1) is 7.65. The fourth-order valence-corrected chi connectivity index (χ4v) is 1.42. The summed E-state index contributed by atoms with van der Waals surface area (Å²) in [6, 6.07) is 0. The van der Waals surface area contributed by atoms with Crippen LogP contribution in [0.3, 0.4) is 0 Å². The van der Waals surface area contributed by atoms with Gasteiger partial charge in [0.2, 0.25) is 0 Å². The molecule has 2 fully saturated rings. The number of carbonyl (C=O) groups is 2. The molecule has 0 aromatic heterocycles. The summed E-state index contributed by atoms with van der Waals surface area (Å²) in [5.74, 6) is -0.381. The van der Waals surface area contributed by atoms with E-state index in [1.807, 2.05) is 0 Å². The number of aliphatic hydroxyl groups is 2. The number of rotatable bonds is 2. The molecular formula is C10H16O6. The van der Waals surface area contributed by atoms with Crippen LogP contribution in [0.2, 0.25) is 0 Å². The molecule has 6 heteroatoms. The first-order valence-electron chi connectivity index (χ1n) is 5.26. The number of carbonyl (C=O) groups excluding carboxylic acids is 2. The van der Waals surface area contributed by atoms with Crippen molar-refractivity contribution in [2.45, 2.75) is 37.9 Å². The molecule has 2 N–H and O–H groups in total. The van der Waals surface area contributed by atoms with Crippen molar-refractivity contribution < 1.29 is 29.3 Å². The van der Waals surface area contributed by atoms with Gasteiger partial charge in [0.25, 0.3) is 0 Å². The Morgan fingerprint density at radius 1 is 0.938 bits per heavy atom. The van der Waals surface area contributed by atoms with Crippen molar-refractivity contribution in [3.63, 3.8) is 0 Å². The maximum Gasteiger partial charge on any atom is 0.306 e. The van der Waals surface area contributed by atoms with Gasteiger partial charge in [-0.25, -0.2) is 0 Å². The van der Waals surface area contributed by atoms with Gasteiger partial charge in [0.15, 0.2) is 0 Å². The summed E-state index contributed by atoms with van der Waals surface area (Å²) in [6.07, 6.45) is 1.84. The number of hydrogen-bond donors (Lipinski definition) is 2. The summed E-state index contributed by atoms with van der Waals surface area (Å²) in [5.41, 5.74) is 0. The van der Waals surface area contributed by atoms with Gasteiger partial charge in [0, 0.05) is 12.8 Å². The Labute approximate surface area is 93.2 Å². The fourth-order valence-electron chi connectivity index (χ4n) is 1.42. The number of ether oxygens (including phenoxy) is 2. The first kappa shape index (κ1) is 12.9. The molecule has 16 heavy (non-hydrogen) atoms. The molecule has 0 aliphatic carbocycles. The van der Waals surface area contributed by atoms with E-state index in [9.17, 15) is 9.59 Å². The molecule has 0 aromatic rings. The molecule has 2 rings (SSSR count). The Morgan fingerprint density at radius 2 is 1.31 bits per heavy atom. The van der Waals surface area contributed by atoms with Crippen molar-refractivity contribution in [1.29, 1.82) is 0 Å². The molecule has 0 bridgehead atoms. The van der Waals surface area contributed by atoms with Gasteiger partial charge in [-0.1, -0.05) is 0 Å². The second-order valence-corrected chi connectivity index (χ2v) is 3.67. The second-order valence-electron chi connectivity index (χ2n) is 3.67. The van der Waals surface area contributed by atoms with E-state index in [0.717, 1.165) is 0 Å². The van der Waals surface area contributed by atoms with Crippen LogP contribution in [0.25, 0.3) is 0 Å². The van der Waals surface area contributed by atoms with Crippen molar-refractivity contribution in [2.75, 3.05) is 13.2 Å². The molecule has 0 spiro atoms. The van der Waals surface area contributed by atoms with Crippen LogP contribution in [-0.2, 0) is 19.1 Å². The average Bonchev–Trinajstić information content (AvgIpc) is 2.88. The Balaban J connectivity index is 0.000000160. The van der Waals surface area contributed by atoms with Gasteiger partial charge in [-0.15, -0.1) is 0 Å². The van der Waals surface area contributed by atoms with E-state index in [-0.39, 0.29) is 37.4 Å². The molecule has 0 saturated carbocycles. The van der Waals surface area contributed by atoms with Crippen LogP contribution >= 0.6 is 0 Å². The highest BCUT2D eigenvalue weighted by Crippen LogP contribution is 2.12. The molecule has 92 valence electrons. The van der Waals surface area contributed by atoms with Crippen LogP contribution in [-0.4, -0.2) is 47.6 Å². The number of esters is 2. The highest BCUT2D eigenvalue weighted by molar-refractivity contribution is 5.71. The summed E-state index contributed by atoms with van der Waals surface area (Å²) in [4.78, 5) is 20.6. The van der Waals surface area contributed by atoms with E-state index in [4.69, 9.17) is 10.2 Å². The van der Waals surface area contributed by atoms with Gasteiger partial charge < -0.3 is 19.7 Å². The maximum absolute atomic E-state index is 10.3. The highest BCUT2D eigenvalue weighted by Gasteiger charge is 2.22. The van der Waals surface area contributed by atoms with Crippen molar-refractivity contribution >= 4 is 11.9 Å². The lowest BCUT2D eigenvalue weighted by atomic mass is 10.2. The quantitative estimate of drug-likeness (QED) is 0.616. The predicted molar refractivity (Wildman–Crippen MR) is 52.4 cm³/mol. The Hall–Kier alpha value is -1.14. The lowest BCUT2D eigenvalue weighted by molar-refractivity contribution is -0.143. The molecule has 6 nitrogen and oxygen atoms in total. The first-order valence-corrected chi connectivity index (χ1v) is 5.26. The van der Waals surface area contributed by atoms with Crippen molar-refractivity contribution in [1.82, 2.24) is 0 Å². The molecule has 0 amide bonds. The van der Waals surface area contributed by atoms with Crippen molar-refractivity contribution in [3.8, 4) is 0 Å². The minimum Gasteiger partial charge on any atom is -0.460 e. The zero-order valence-electron chi connectivity index (χ0n) is 8.92. The largest absolute Gasteiger partial charge is 0.460 e. The van der Waals surface area contributed by atoms with E-state index in [0.29, 0.717) is 25.7 Å². The normalized spacial score (nSPS) is 28.1. The third-order valence-corrected chi connectivity index (χ3v) is 2.34. The zero-order valence-corrected chi connectivity index (χ0v) is 8.92. The van der Waals surface area contributed by atoms with Crippen molar-refractivity contribution in [2.24, 2.45) is 0 Å². The van der Waals surface area contributed by atoms with E-state index < -0.39 is 0 Å². The number of hydrogen-bond acceptors (Lipinski definition) is 6. The van der Waals surface area contributed by atoms with Gasteiger partial charge in [0.1, 0.15) is 12.2 Å². The lowest BCUT2D eigenvalue weighted by Gasteiger charge is -2.01. The Morgan fingerprint density at radius 3 is 1.44 bits per heavy atom. The SMILES string of the molecule is O=C1CCC(CO)O1.O=C1CCC(CO)O1. The molecule has 0 aromatic carbocycles. The summed E-state index contributed by atoms with van der Waals surface area (Å²) in [6.45, 7) is -0.0719. The summed E-state index contributed by atoms with van der Waals surface area (Å²) in [5, 5.41) is 16.8. The standard InChI is InChI=1S/2C5H8O3/c2*6-3-4-1-2-5(7)8-4/h2*4,6H,1-3H2. The highest BCUT2D eigenvalue weighted by atomic mass is 16.6. The minimum atomic E-state index is -0.220. The number of aliphatic hydroxyl groups excluding tert-OH is 2. The lowest BCUT2D eigenvalue weighted by Crippen LogP contribution is -2.10. The molecular weight excluding hydrogens is 216 g/mol. The maximum atomic E-state index is 10.3. The van der Waals surface area contributed by atoms with E-state index in [1.54, 1.807) is 0 Å². The zero-order chi connectivity index (χ0) is 12.0. The second kappa shape index (κ2) is 6.44. The molecule has 2 atom stereocenters. The third-order valence-electron chi connectivity index (χ3n) is 2.34. The van der Waals surface area contributed by atoms with Gasteiger partial charge in [-0.05, 0) is 12.8 Å². The average molecular weight is 232 g/mol. The summed E-state index contributed by atoms with van der Waals surface area (Å²) >= 11 is 0. The monoisotopic (exact) mass is 232 g/mol. The van der Waals surface area contributed by atoms with Gasteiger partial charge in [-0.2, -0.15) is 0 Å². The summed E-state index contributed by atoms with van der Waals surface area (Å²) < 4.78 is 9.24. The molecule has 2 unspecified atom stereocenters. The molecule has 2 aliphatic heterocycles. The Bertz CT molecular complexity index is 226. The fraction of sp³-hybridized carbons (Fsp3) is 0.800. The van der Waals surface area contributed by atoms with Crippen LogP contribution < -0.4 is 0 Å². The molecule has 2 saturated heterocycles. The van der Waals surface area contributed by atoms with Crippen LogP contribution in [0, 0.1) is 0 Å². The van der Waals surface area contributed by atoms with Crippen LogP contribution in [0.5, 0.6) is 0 Å². The minimum absolute atomic E-state index is 0.0360. The third kappa shape index (κ3) is 4.16. The van der Waals surface area contributed by atoms with Crippen LogP contribution in [0.15, 0.2) is 0 Å². The predicted octanol–water partition coefficient (Wildman–Crippen LogP) is -0.631. The van der Waals surface area contributed by atoms with Crippen molar-refractivity contribution in [3.05, 3.63) is 0 Å². The van der Waals surface area contributed by atoms with Crippen LogP contribution in [0.4, 0.5) is 0 Å². The van der Waals surface area contributed by atoms with Gasteiger partial charge in [0.05, 0.1) is 13.2 Å². The number of cyclic esters (lactones) is 2.